The van der Waals surface area contributed by atoms with E-state index in [0.717, 1.165) is 30.8 Å². The Bertz CT molecular complexity index is 1150. The van der Waals surface area contributed by atoms with Crippen LogP contribution in [0.25, 0.3) is 16.9 Å². The lowest BCUT2D eigenvalue weighted by molar-refractivity contribution is 0.592. The second-order valence-corrected chi connectivity index (χ2v) is 7.15. The molecule has 0 bridgehead atoms. The highest BCUT2D eigenvalue weighted by Gasteiger charge is 2.26. The van der Waals surface area contributed by atoms with Crippen LogP contribution in [0.2, 0.25) is 0 Å². The molecule has 8 heteroatoms. The number of nitrogens with zero attached hydrogens (tertiary/aromatic N) is 4. The van der Waals surface area contributed by atoms with Gasteiger partial charge in [-0.2, -0.15) is 4.98 Å². The van der Waals surface area contributed by atoms with E-state index in [2.05, 4.69) is 25.6 Å². The molecule has 0 saturated heterocycles. The normalized spacial score (nSPS) is 18.8. The minimum Gasteiger partial charge on any atom is -0.422 e. The molecule has 2 atom stereocenters. The van der Waals surface area contributed by atoms with Crippen molar-refractivity contribution in [3.8, 4) is 5.69 Å². The predicted octanol–water partition coefficient (Wildman–Crippen LogP) is 3.21. The summed E-state index contributed by atoms with van der Waals surface area (Å²) in [7, 11) is 0. The summed E-state index contributed by atoms with van der Waals surface area (Å²) in [5, 5.41) is 6.84. The molecule has 0 spiro atoms. The van der Waals surface area contributed by atoms with Gasteiger partial charge in [-0.05, 0) is 49.6 Å². The van der Waals surface area contributed by atoms with Crippen molar-refractivity contribution in [1.82, 2.24) is 19.5 Å². The minimum absolute atomic E-state index is 0.0749. The topological polar surface area (TPSA) is 97.9 Å². The number of rotatable bonds is 5. The standard InChI is InChI=1S/C21H20N6O2/c28-19-5-1-2-11-27(19)16-8-9-18(23-13-16)24-14-6-7-15(12-14)25-21-26-20-17(29-21)4-3-10-22-20/h1-5,8-11,13-15H,6-7,12H2,(H,23,24)(H,22,25,26)/t14-,15-/m0/s1. The Hall–Kier alpha value is -3.68. The van der Waals surface area contributed by atoms with Crippen molar-refractivity contribution in [3.05, 3.63) is 71.4 Å². The summed E-state index contributed by atoms with van der Waals surface area (Å²) >= 11 is 0. The van der Waals surface area contributed by atoms with Crippen LogP contribution in [0, 0.1) is 0 Å². The van der Waals surface area contributed by atoms with E-state index in [-0.39, 0.29) is 11.6 Å². The number of oxazole rings is 1. The van der Waals surface area contributed by atoms with Crippen LogP contribution in [0.4, 0.5) is 11.8 Å². The summed E-state index contributed by atoms with van der Waals surface area (Å²) in [6.07, 6.45) is 8.13. The first-order chi connectivity index (χ1) is 14.2. The average Bonchev–Trinajstić information content (AvgIpc) is 3.35. The molecule has 29 heavy (non-hydrogen) atoms. The van der Waals surface area contributed by atoms with Gasteiger partial charge < -0.3 is 15.1 Å². The zero-order chi connectivity index (χ0) is 19.6. The quantitative estimate of drug-likeness (QED) is 0.542. The molecule has 1 aliphatic carbocycles. The molecule has 0 radical (unpaired) electrons. The molecular formula is C21H20N6O2. The molecule has 2 N–H and O–H groups in total. The zero-order valence-electron chi connectivity index (χ0n) is 15.7. The number of hydrogen-bond acceptors (Lipinski definition) is 7. The highest BCUT2D eigenvalue weighted by molar-refractivity contribution is 5.69. The van der Waals surface area contributed by atoms with E-state index >= 15 is 0 Å². The van der Waals surface area contributed by atoms with Crippen molar-refractivity contribution in [3.63, 3.8) is 0 Å². The Morgan fingerprint density at radius 2 is 1.90 bits per heavy atom. The molecule has 5 rings (SSSR count). The maximum atomic E-state index is 11.9. The minimum atomic E-state index is -0.0749. The number of nitrogens with one attached hydrogen (secondary N) is 2. The maximum absolute atomic E-state index is 11.9. The van der Waals surface area contributed by atoms with E-state index in [1.165, 1.54) is 6.07 Å². The molecule has 4 heterocycles. The Morgan fingerprint density at radius 3 is 2.69 bits per heavy atom. The van der Waals surface area contributed by atoms with Gasteiger partial charge in [0.05, 0.1) is 11.9 Å². The largest absolute Gasteiger partial charge is 0.422 e. The summed E-state index contributed by atoms with van der Waals surface area (Å²) in [6.45, 7) is 0. The molecule has 8 nitrogen and oxygen atoms in total. The molecule has 4 aromatic rings. The average molecular weight is 388 g/mol. The summed E-state index contributed by atoms with van der Waals surface area (Å²) in [4.78, 5) is 25.0. The third-order valence-electron chi connectivity index (χ3n) is 5.13. The van der Waals surface area contributed by atoms with Crippen LogP contribution in [0.15, 0.2) is 70.3 Å². The third kappa shape index (κ3) is 3.69. The van der Waals surface area contributed by atoms with Gasteiger partial charge in [-0.1, -0.05) is 6.07 Å². The van der Waals surface area contributed by atoms with Gasteiger partial charge in [0.1, 0.15) is 5.82 Å². The van der Waals surface area contributed by atoms with Crippen molar-refractivity contribution < 1.29 is 4.42 Å². The fourth-order valence-corrected chi connectivity index (χ4v) is 3.71. The fraction of sp³-hybridized carbons (Fsp3) is 0.238. The van der Waals surface area contributed by atoms with Gasteiger partial charge in [-0.25, -0.2) is 9.97 Å². The van der Waals surface area contributed by atoms with Crippen molar-refractivity contribution in [1.29, 1.82) is 0 Å². The Kier molecular flexibility index (Phi) is 4.44. The predicted molar refractivity (Wildman–Crippen MR) is 110 cm³/mol. The van der Waals surface area contributed by atoms with Crippen LogP contribution in [-0.2, 0) is 0 Å². The van der Waals surface area contributed by atoms with Crippen molar-refractivity contribution >= 4 is 23.1 Å². The van der Waals surface area contributed by atoms with E-state index < -0.39 is 0 Å². The first-order valence-electron chi connectivity index (χ1n) is 9.63. The highest BCUT2D eigenvalue weighted by Crippen LogP contribution is 2.26. The van der Waals surface area contributed by atoms with Gasteiger partial charge in [0.15, 0.2) is 5.58 Å². The number of hydrogen-bond donors (Lipinski definition) is 2. The van der Waals surface area contributed by atoms with Gasteiger partial charge in [0, 0.05) is 30.5 Å². The lowest BCUT2D eigenvalue weighted by Crippen LogP contribution is -2.21. The summed E-state index contributed by atoms with van der Waals surface area (Å²) in [5.74, 6) is 0.800. The molecule has 0 aliphatic heterocycles. The van der Waals surface area contributed by atoms with E-state index in [1.54, 1.807) is 29.2 Å². The number of aromatic nitrogens is 4. The Labute approximate surface area is 166 Å². The SMILES string of the molecule is O=c1ccccn1-c1ccc(N[C@H]2CC[C@H](Nc3nc4ncccc4o3)C2)nc1. The van der Waals surface area contributed by atoms with Crippen molar-refractivity contribution in [2.75, 3.05) is 10.6 Å². The number of anilines is 2. The lowest BCUT2D eigenvalue weighted by Gasteiger charge is -2.15. The van der Waals surface area contributed by atoms with Crippen LogP contribution in [0.1, 0.15) is 19.3 Å². The van der Waals surface area contributed by atoms with Crippen LogP contribution < -0.4 is 16.2 Å². The van der Waals surface area contributed by atoms with Gasteiger partial charge >= 0.3 is 0 Å². The van der Waals surface area contributed by atoms with E-state index in [9.17, 15) is 4.79 Å². The Morgan fingerprint density at radius 1 is 1.00 bits per heavy atom. The smallest absolute Gasteiger partial charge is 0.297 e. The second-order valence-electron chi connectivity index (χ2n) is 7.15. The summed E-state index contributed by atoms with van der Waals surface area (Å²) in [6, 6.07) is 13.7. The number of pyridine rings is 3. The monoisotopic (exact) mass is 388 g/mol. The molecule has 1 aliphatic rings. The molecule has 1 saturated carbocycles. The van der Waals surface area contributed by atoms with E-state index in [4.69, 9.17) is 4.42 Å². The maximum Gasteiger partial charge on any atom is 0.297 e. The third-order valence-corrected chi connectivity index (χ3v) is 5.13. The van der Waals surface area contributed by atoms with Crippen LogP contribution in [0.3, 0.4) is 0 Å². The van der Waals surface area contributed by atoms with Gasteiger partial charge in [0.2, 0.25) is 5.65 Å². The van der Waals surface area contributed by atoms with Crippen LogP contribution in [0.5, 0.6) is 0 Å². The first-order valence-corrected chi connectivity index (χ1v) is 9.63. The fourth-order valence-electron chi connectivity index (χ4n) is 3.71. The van der Waals surface area contributed by atoms with Crippen molar-refractivity contribution in [2.24, 2.45) is 0 Å². The van der Waals surface area contributed by atoms with E-state index in [0.29, 0.717) is 23.3 Å². The van der Waals surface area contributed by atoms with Gasteiger partial charge in [-0.3, -0.25) is 9.36 Å². The van der Waals surface area contributed by atoms with Gasteiger partial charge in [-0.15, -0.1) is 0 Å². The van der Waals surface area contributed by atoms with Gasteiger partial charge in [0.25, 0.3) is 11.6 Å². The van der Waals surface area contributed by atoms with Crippen LogP contribution >= 0.6 is 0 Å². The lowest BCUT2D eigenvalue weighted by atomic mass is 10.2. The Balaban J connectivity index is 1.21. The van der Waals surface area contributed by atoms with E-state index in [1.807, 2.05) is 30.3 Å². The molecule has 146 valence electrons. The summed E-state index contributed by atoms with van der Waals surface area (Å²) < 4.78 is 7.27. The molecule has 0 unspecified atom stereocenters. The molecule has 0 amide bonds. The molecular weight excluding hydrogens is 368 g/mol. The highest BCUT2D eigenvalue weighted by atomic mass is 16.4. The van der Waals surface area contributed by atoms with Crippen molar-refractivity contribution in [2.45, 2.75) is 31.3 Å². The zero-order valence-corrected chi connectivity index (χ0v) is 15.7. The second kappa shape index (κ2) is 7.38. The van der Waals surface area contributed by atoms with Crippen LogP contribution in [-0.4, -0.2) is 31.6 Å². The molecule has 0 aromatic carbocycles. The number of fused-ring (bicyclic) bond motifs is 1. The summed E-state index contributed by atoms with van der Waals surface area (Å²) in [5.41, 5.74) is 1.97. The molecule has 4 aromatic heterocycles. The molecule has 1 fully saturated rings. The first kappa shape index (κ1) is 17.4.